The van der Waals surface area contributed by atoms with Crippen molar-refractivity contribution in [3.8, 4) is 17.0 Å². The molecule has 2 heterocycles. The Morgan fingerprint density at radius 3 is 2.44 bits per heavy atom. The van der Waals surface area contributed by atoms with Gasteiger partial charge < -0.3 is 21.1 Å². The molecule has 0 radical (unpaired) electrons. The first-order chi connectivity index (χ1) is 19.5. The molecular formula is C31H31F2N5O3. The number of methoxy groups -OCH3 is 1. The van der Waals surface area contributed by atoms with Crippen molar-refractivity contribution in [3.63, 3.8) is 0 Å². The van der Waals surface area contributed by atoms with Gasteiger partial charge in [-0.3, -0.25) is 9.59 Å². The standard InChI is InChI=1S/C31H31F2N5O3/c1-31(2,3)20-9-10-24-19(13-20)11-12-38-29(36-24)26(28(34)39)27(37-38)18-7-5-17(6-8-18)16-35-30(40)21-14-22(32)23(33)15-25(21)41-4/h5-10,13-15,36H,11-12,16H2,1-4H3,(H2,34,39)(H,35,40). The smallest absolute Gasteiger partial charge is 0.255 e. The SMILES string of the molecule is COc1cc(F)c(F)cc1C(=O)NCc1ccc(-c2nn3c(c2C(N)=O)Nc2ccc(C(C)(C)C)cc2CC3)cc1. The number of primary amides is 1. The van der Waals surface area contributed by atoms with Gasteiger partial charge in [0, 0.05) is 30.4 Å². The van der Waals surface area contributed by atoms with E-state index in [0.717, 1.165) is 35.4 Å². The second-order valence-electron chi connectivity index (χ2n) is 11.0. The first-order valence-electron chi connectivity index (χ1n) is 13.2. The number of nitrogens with one attached hydrogen (secondary N) is 2. The van der Waals surface area contributed by atoms with Crippen LogP contribution in [-0.4, -0.2) is 28.7 Å². The number of anilines is 2. The van der Waals surface area contributed by atoms with Crippen LogP contribution in [0, 0.1) is 11.6 Å². The number of nitrogens with zero attached hydrogens (tertiary/aromatic N) is 2. The summed E-state index contributed by atoms with van der Waals surface area (Å²) in [7, 11) is 1.27. The third kappa shape index (κ3) is 5.50. The molecule has 0 aliphatic carbocycles. The fourth-order valence-corrected chi connectivity index (χ4v) is 4.86. The maximum Gasteiger partial charge on any atom is 0.255 e. The summed E-state index contributed by atoms with van der Waals surface area (Å²) in [4.78, 5) is 25.2. The Kier molecular flexibility index (Phi) is 7.25. The average Bonchev–Trinajstić information content (AvgIpc) is 3.20. The van der Waals surface area contributed by atoms with Crippen molar-refractivity contribution < 1.29 is 23.1 Å². The summed E-state index contributed by atoms with van der Waals surface area (Å²) in [6.07, 6.45) is 0.736. The number of rotatable bonds is 6. The molecule has 0 unspecified atom stereocenters. The Labute approximate surface area is 236 Å². The summed E-state index contributed by atoms with van der Waals surface area (Å²) in [5.41, 5.74) is 11.2. The third-order valence-corrected chi connectivity index (χ3v) is 7.18. The maximum atomic E-state index is 13.7. The zero-order valence-corrected chi connectivity index (χ0v) is 23.3. The number of benzene rings is 3. The highest BCUT2D eigenvalue weighted by Gasteiger charge is 2.27. The van der Waals surface area contributed by atoms with E-state index in [0.29, 0.717) is 29.2 Å². The number of carbonyl (C=O) groups is 2. The predicted molar refractivity (Wildman–Crippen MR) is 152 cm³/mol. The van der Waals surface area contributed by atoms with E-state index < -0.39 is 23.4 Å². The van der Waals surface area contributed by atoms with Gasteiger partial charge in [-0.25, -0.2) is 13.5 Å². The van der Waals surface area contributed by atoms with Crippen LogP contribution in [0.3, 0.4) is 0 Å². The fourth-order valence-electron chi connectivity index (χ4n) is 4.86. The Morgan fingerprint density at radius 2 is 1.78 bits per heavy atom. The van der Waals surface area contributed by atoms with Crippen molar-refractivity contribution in [1.29, 1.82) is 0 Å². The Bertz CT molecular complexity index is 1660. The molecule has 0 saturated heterocycles. The molecule has 3 aromatic carbocycles. The van der Waals surface area contributed by atoms with Gasteiger partial charge in [0.1, 0.15) is 22.8 Å². The number of amides is 2. The van der Waals surface area contributed by atoms with Crippen molar-refractivity contribution in [1.82, 2.24) is 15.1 Å². The number of nitrogens with two attached hydrogens (primary N) is 1. The van der Waals surface area contributed by atoms with Crippen molar-refractivity contribution in [2.75, 3.05) is 12.4 Å². The fraction of sp³-hybridized carbons (Fsp3) is 0.258. The zero-order valence-electron chi connectivity index (χ0n) is 23.3. The van der Waals surface area contributed by atoms with Crippen LogP contribution in [0.25, 0.3) is 11.3 Å². The molecule has 2 amide bonds. The second kappa shape index (κ2) is 10.7. The van der Waals surface area contributed by atoms with Gasteiger partial charge in [-0.15, -0.1) is 0 Å². The van der Waals surface area contributed by atoms with Crippen LogP contribution in [0.2, 0.25) is 0 Å². The van der Waals surface area contributed by atoms with E-state index >= 15 is 0 Å². The highest BCUT2D eigenvalue weighted by Crippen LogP contribution is 2.36. The molecule has 4 N–H and O–H groups in total. The molecule has 212 valence electrons. The van der Waals surface area contributed by atoms with E-state index in [1.807, 2.05) is 6.07 Å². The lowest BCUT2D eigenvalue weighted by Crippen LogP contribution is -2.23. The molecule has 5 rings (SSSR count). The number of carbonyl (C=O) groups excluding carboxylic acids is 2. The summed E-state index contributed by atoms with van der Waals surface area (Å²) < 4.78 is 34.0. The molecule has 1 aliphatic heterocycles. The van der Waals surface area contributed by atoms with Crippen molar-refractivity contribution >= 4 is 23.3 Å². The lowest BCUT2D eigenvalue weighted by molar-refractivity contribution is 0.0946. The van der Waals surface area contributed by atoms with Gasteiger partial charge in [-0.1, -0.05) is 57.2 Å². The van der Waals surface area contributed by atoms with Crippen molar-refractivity contribution in [3.05, 3.63) is 94.0 Å². The van der Waals surface area contributed by atoms with Crippen LogP contribution >= 0.6 is 0 Å². The molecule has 41 heavy (non-hydrogen) atoms. The molecule has 10 heteroatoms. The minimum absolute atomic E-state index is 0.0151. The van der Waals surface area contributed by atoms with E-state index in [-0.39, 0.29) is 23.3 Å². The third-order valence-electron chi connectivity index (χ3n) is 7.18. The number of hydrogen-bond acceptors (Lipinski definition) is 5. The molecule has 0 bridgehead atoms. The predicted octanol–water partition coefficient (Wildman–Crippen LogP) is 5.46. The van der Waals surface area contributed by atoms with Crippen LogP contribution in [0.1, 0.15) is 58.2 Å². The van der Waals surface area contributed by atoms with Gasteiger partial charge in [-0.05, 0) is 40.7 Å². The molecule has 0 spiro atoms. The summed E-state index contributed by atoms with van der Waals surface area (Å²) in [5, 5.41) is 10.8. The van der Waals surface area contributed by atoms with Crippen molar-refractivity contribution in [2.24, 2.45) is 5.73 Å². The first kappa shape index (κ1) is 27.8. The number of ether oxygens (including phenoxy) is 1. The van der Waals surface area contributed by atoms with Gasteiger partial charge in [0.15, 0.2) is 11.6 Å². The molecule has 1 aliphatic rings. The summed E-state index contributed by atoms with van der Waals surface area (Å²) in [6.45, 7) is 7.21. The van der Waals surface area contributed by atoms with Gasteiger partial charge >= 0.3 is 0 Å². The van der Waals surface area contributed by atoms with Gasteiger partial charge in [0.05, 0.1) is 12.7 Å². The first-order valence-corrected chi connectivity index (χ1v) is 13.2. The lowest BCUT2D eigenvalue weighted by Gasteiger charge is -2.21. The van der Waals surface area contributed by atoms with E-state index in [1.54, 1.807) is 28.9 Å². The number of halogens is 2. The molecule has 0 saturated carbocycles. The molecule has 1 aromatic heterocycles. The minimum Gasteiger partial charge on any atom is -0.496 e. The minimum atomic E-state index is -1.14. The summed E-state index contributed by atoms with van der Waals surface area (Å²) in [6, 6.07) is 15.1. The van der Waals surface area contributed by atoms with Crippen LogP contribution in [0.15, 0.2) is 54.6 Å². The normalized spacial score (nSPS) is 12.5. The lowest BCUT2D eigenvalue weighted by atomic mass is 9.85. The number of hydrogen-bond donors (Lipinski definition) is 3. The highest BCUT2D eigenvalue weighted by molar-refractivity contribution is 6.04. The number of fused-ring (bicyclic) bond motifs is 2. The molecule has 0 atom stereocenters. The topological polar surface area (TPSA) is 111 Å². The second-order valence-corrected chi connectivity index (χ2v) is 11.0. The van der Waals surface area contributed by atoms with Gasteiger partial charge in [0.2, 0.25) is 0 Å². The molecule has 4 aromatic rings. The number of aryl methyl sites for hydroxylation is 2. The van der Waals surface area contributed by atoms with Gasteiger partial charge in [-0.2, -0.15) is 5.10 Å². The highest BCUT2D eigenvalue weighted by atomic mass is 19.2. The average molecular weight is 560 g/mol. The Morgan fingerprint density at radius 1 is 1.07 bits per heavy atom. The zero-order chi connectivity index (χ0) is 29.5. The molecular weight excluding hydrogens is 528 g/mol. The van der Waals surface area contributed by atoms with Crippen LogP contribution < -0.4 is 21.1 Å². The Hall–Kier alpha value is -4.73. The van der Waals surface area contributed by atoms with E-state index in [1.165, 1.54) is 12.7 Å². The van der Waals surface area contributed by atoms with Crippen LogP contribution in [-0.2, 0) is 24.9 Å². The maximum absolute atomic E-state index is 13.7. The monoisotopic (exact) mass is 559 g/mol. The van der Waals surface area contributed by atoms with E-state index in [4.69, 9.17) is 15.6 Å². The quantitative estimate of drug-likeness (QED) is 0.290. The molecule has 0 fully saturated rings. The van der Waals surface area contributed by atoms with E-state index in [9.17, 15) is 18.4 Å². The Balaban J connectivity index is 1.37. The largest absolute Gasteiger partial charge is 0.496 e. The number of aromatic nitrogens is 2. The van der Waals surface area contributed by atoms with Gasteiger partial charge in [0.25, 0.3) is 11.8 Å². The van der Waals surface area contributed by atoms with Crippen LogP contribution in [0.5, 0.6) is 5.75 Å². The van der Waals surface area contributed by atoms with Crippen molar-refractivity contribution in [2.45, 2.75) is 45.7 Å². The van der Waals surface area contributed by atoms with Crippen LogP contribution in [0.4, 0.5) is 20.3 Å². The summed E-state index contributed by atoms with van der Waals surface area (Å²) in [5.74, 6) is -2.97. The summed E-state index contributed by atoms with van der Waals surface area (Å²) >= 11 is 0. The van der Waals surface area contributed by atoms with E-state index in [2.05, 4.69) is 43.5 Å². The molecule has 8 nitrogen and oxygen atoms in total.